The number of hydrogen-bond acceptors (Lipinski definition) is 2. The molecule has 0 radical (unpaired) electrons. The fourth-order valence-corrected chi connectivity index (χ4v) is 1.82. The molecule has 0 aliphatic rings. The van der Waals surface area contributed by atoms with Crippen LogP contribution in [0.4, 0.5) is 5.69 Å². The summed E-state index contributed by atoms with van der Waals surface area (Å²) in [4.78, 5) is 14.6. The molecule has 0 bridgehead atoms. The second-order valence-corrected chi connectivity index (χ2v) is 4.04. The van der Waals surface area contributed by atoms with Gasteiger partial charge in [0.15, 0.2) is 0 Å². The maximum Gasteiger partial charge on any atom is 0.212 e. The van der Waals surface area contributed by atoms with Crippen molar-refractivity contribution in [3.63, 3.8) is 0 Å². The lowest BCUT2D eigenvalue weighted by Crippen LogP contribution is -2.10. The van der Waals surface area contributed by atoms with Gasteiger partial charge in [0.05, 0.1) is 15.7 Å². The van der Waals surface area contributed by atoms with E-state index in [9.17, 15) is 4.79 Å². The maximum absolute atomic E-state index is 11.8. The van der Waals surface area contributed by atoms with Gasteiger partial charge in [-0.25, -0.2) is 0 Å². The Labute approximate surface area is 102 Å². The molecule has 2 aromatic rings. The van der Waals surface area contributed by atoms with Crippen LogP contribution in [0.5, 0.6) is 0 Å². The lowest BCUT2D eigenvalue weighted by atomic mass is 10.1. The van der Waals surface area contributed by atoms with Gasteiger partial charge in [0.1, 0.15) is 0 Å². The van der Waals surface area contributed by atoms with Crippen LogP contribution in [0.15, 0.2) is 35.4 Å². The standard InChI is InChI=1S/C11H8Cl2N2O/c12-8-3-1-2-6(10(8)13)7-4-15-5-9(14)11(7)16/h1-5H,14H2,(H,15,16). The number of halogens is 2. The molecular formula is C11H8Cl2N2O. The van der Waals surface area contributed by atoms with Gasteiger partial charge in [0.2, 0.25) is 5.43 Å². The first kappa shape index (κ1) is 11.0. The molecule has 82 valence electrons. The summed E-state index contributed by atoms with van der Waals surface area (Å²) in [5.74, 6) is 0. The maximum atomic E-state index is 11.8. The smallest absolute Gasteiger partial charge is 0.212 e. The summed E-state index contributed by atoms with van der Waals surface area (Å²) >= 11 is 11.9. The number of pyridine rings is 1. The highest BCUT2D eigenvalue weighted by molar-refractivity contribution is 6.43. The van der Waals surface area contributed by atoms with Gasteiger partial charge < -0.3 is 10.7 Å². The summed E-state index contributed by atoms with van der Waals surface area (Å²) in [6.45, 7) is 0. The Balaban J connectivity index is 2.73. The second-order valence-electron chi connectivity index (χ2n) is 3.25. The summed E-state index contributed by atoms with van der Waals surface area (Å²) in [6.07, 6.45) is 2.99. The van der Waals surface area contributed by atoms with Crippen molar-refractivity contribution in [2.45, 2.75) is 0 Å². The number of rotatable bonds is 1. The summed E-state index contributed by atoms with van der Waals surface area (Å²) in [5, 5.41) is 0.751. The van der Waals surface area contributed by atoms with Crippen molar-refractivity contribution in [1.82, 2.24) is 4.98 Å². The molecule has 5 heteroatoms. The first-order valence-electron chi connectivity index (χ1n) is 4.52. The Kier molecular flexibility index (Phi) is 2.90. The van der Waals surface area contributed by atoms with Crippen LogP contribution < -0.4 is 11.2 Å². The van der Waals surface area contributed by atoms with Crippen LogP contribution in [0.2, 0.25) is 10.0 Å². The summed E-state index contributed by atoms with van der Waals surface area (Å²) < 4.78 is 0. The van der Waals surface area contributed by atoms with E-state index in [1.54, 1.807) is 24.4 Å². The first-order chi connectivity index (χ1) is 7.61. The van der Waals surface area contributed by atoms with Crippen molar-refractivity contribution in [3.05, 3.63) is 50.9 Å². The van der Waals surface area contributed by atoms with E-state index >= 15 is 0 Å². The topological polar surface area (TPSA) is 58.9 Å². The molecule has 0 atom stereocenters. The van der Waals surface area contributed by atoms with Crippen LogP contribution in [0.25, 0.3) is 11.1 Å². The molecule has 0 aliphatic heterocycles. The number of aromatic amines is 1. The van der Waals surface area contributed by atoms with Crippen LogP contribution in [0.1, 0.15) is 0 Å². The number of benzene rings is 1. The second kappa shape index (κ2) is 4.20. The molecule has 3 nitrogen and oxygen atoms in total. The molecule has 0 fully saturated rings. The average molecular weight is 255 g/mol. The van der Waals surface area contributed by atoms with E-state index in [1.165, 1.54) is 6.20 Å². The van der Waals surface area contributed by atoms with Crippen LogP contribution in [0, 0.1) is 0 Å². The van der Waals surface area contributed by atoms with Crippen molar-refractivity contribution >= 4 is 28.9 Å². The molecule has 2 rings (SSSR count). The normalized spacial score (nSPS) is 10.4. The monoisotopic (exact) mass is 254 g/mol. The molecule has 3 N–H and O–H groups in total. The predicted molar refractivity (Wildman–Crippen MR) is 66.9 cm³/mol. The number of hydrogen-bond donors (Lipinski definition) is 2. The lowest BCUT2D eigenvalue weighted by molar-refractivity contribution is 1.31. The molecule has 16 heavy (non-hydrogen) atoms. The fourth-order valence-electron chi connectivity index (χ4n) is 1.41. The van der Waals surface area contributed by atoms with E-state index in [-0.39, 0.29) is 11.1 Å². The quantitative estimate of drug-likeness (QED) is 0.822. The zero-order chi connectivity index (χ0) is 11.7. The predicted octanol–water partition coefficient (Wildman–Crippen LogP) is 2.93. The van der Waals surface area contributed by atoms with E-state index in [0.717, 1.165) is 0 Å². The molecule has 0 saturated carbocycles. The molecule has 0 spiro atoms. The highest BCUT2D eigenvalue weighted by Crippen LogP contribution is 2.31. The minimum Gasteiger partial charge on any atom is -0.394 e. The minimum atomic E-state index is -0.261. The molecule has 1 aromatic carbocycles. The summed E-state index contributed by atoms with van der Waals surface area (Å²) in [5.41, 5.74) is 6.39. The first-order valence-corrected chi connectivity index (χ1v) is 5.28. The van der Waals surface area contributed by atoms with Gasteiger partial charge in [-0.3, -0.25) is 4.79 Å². The van der Waals surface area contributed by atoms with Crippen molar-refractivity contribution in [1.29, 1.82) is 0 Å². The largest absolute Gasteiger partial charge is 0.394 e. The van der Waals surface area contributed by atoms with Gasteiger partial charge in [-0.2, -0.15) is 0 Å². The van der Waals surface area contributed by atoms with E-state index in [0.29, 0.717) is 21.2 Å². The molecule has 0 aliphatic carbocycles. The molecule has 0 amide bonds. The van der Waals surface area contributed by atoms with Gasteiger partial charge in [-0.05, 0) is 6.07 Å². The highest BCUT2D eigenvalue weighted by atomic mass is 35.5. The third-order valence-electron chi connectivity index (χ3n) is 2.22. The Morgan fingerprint density at radius 2 is 1.88 bits per heavy atom. The van der Waals surface area contributed by atoms with E-state index < -0.39 is 0 Å². The number of H-pyrrole nitrogens is 1. The van der Waals surface area contributed by atoms with Gasteiger partial charge in [-0.1, -0.05) is 35.3 Å². The Hall–Kier alpha value is -1.45. The van der Waals surface area contributed by atoms with Gasteiger partial charge in [-0.15, -0.1) is 0 Å². The number of nitrogen functional groups attached to an aromatic ring is 1. The molecular weight excluding hydrogens is 247 g/mol. The molecule has 1 aromatic heterocycles. The minimum absolute atomic E-state index is 0.147. The van der Waals surface area contributed by atoms with Gasteiger partial charge in [0, 0.05) is 23.5 Å². The van der Waals surface area contributed by atoms with E-state index in [2.05, 4.69) is 4.98 Å². The lowest BCUT2D eigenvalue weighted by Gasteiger charge is -2.05. The molecule has 0 saturated heterocycles. The molecule has 1 heterocycles. The Morgan fingerprint density at radius 1 is 1.12 bits per heavy atom. The van der Waals surface area contributed by atoms with Crippen LogP contribution in [0.3, 0.4) is 0 Å². The van der Waals surface area contributed by atoms with E-state index in [1.807, 2.05) is 0 Å². The van der Waals surface area contributed by atoms with Crippen LogP contribution in [-0.2, 0) is 0 Å². The van der Waals surface area contributed by atoms with Gasteiger partial charge in [0.25, 0.3) is 0 Å². The van der Waals surface area contributed by atoms with Crippen molar-refractivity contribution in [2.24, 2.45) is 0 Å². The summed E-state index contributed by atoms with van der Waals surface area (Å²) in [6, 6.07) is 5.11. The Morgan fingerprint density at radius 3 is 2.62 bits per heavy atom. The van der Waals surface area contributed by atoms with E-state index in [4.69, 9.17) is 28.9 Å². The van der Waals surface area contributed by atoms with Crippen LogP contribution in [-0.4, -0.2) is 4.98 Å². The average Bonchev–Trinajstić information content (AvgIpc) is 2.27. The third kappa shape index (κ3) is 1.79. The van der Waals surface area contributed by atoms with Crippen LogP contribution >= 0.6 is 23.2 Å². The third-order valence-corrected chi connectivity index (χ3v) is 3.03. The fraction of sp³-hybridized carbons (Fsp3) is 0. The highest BCUT2D eigenvalue weighted by Gasteiger charge is 2.10. The number of anilines is 1. The van der Waals surface area contributed by atoms with Gasteiger partial charge >= 0.3 is 0 Å². The van der Waals surface area contributed by atoms with Crippen molar-refractivity contribution < 1.29 is 0 Å². The van der Waals surface area contributed by atoms with Crippen molar-refractivity contribution in [3.8, 4) is 11.1 Å². The van der Waals surface area contributed by atoms with Crippen molar-refractivity contribution in [2.75, 3.05) is 5.73 Å². The number of aromatic nitrogens is 1. The zero-order valence-electron chi connectivity index (χ0n) is 8.13. The number of nitrogens with one attached hydrogen (secondary N) is 1. The Bertz CT molecular complexity index is 593. The summed E-state index contributed by atoms with van der Waals surface area (Å²) in [7, 11) is 0. The zero-order valence-corrected chi connectivity index (χ0v) is 9.64. The molecule has 0 unspecified atom stereocenters. The SMILES string of the molecule is Nc1c[nH]cc(-c2cccc(Cl)c2Cl)c1=O. The number of nitrogens with two attached hydrogens (primary N) is 1.